The smallest absolute Gasteiger partial charge is 0.407 e. The first-order chi connectivity index (χ1) is 9.31. The first-order valence-electron chi connectivity index (χ1n) is 6.57. The van der Waals surface area contributed by atoms with Crippen LogP contribution in [0.25, 0.3) is 0 Å². The van der Waals surface area contributed by atoms with Crippen molar-refractivity contribution in [3.63, 3.8) is 0 Å². The lowest BCUT2D eigenvalue weighted by Crippen LogP contribution is -2.32. The van der Waals surface area contributed by atoms with Gasteiger partial charge in [-0.15, -0.1) is 0 Å². The zero-order chi connectivity index (χ0) is 15.5. The van der Waals surface area contributed by atoms with Gasteiger partial charge in [0.1, 0.15) is 13.2 Å². The van der Waals surface area contributed by atoms with Crippen molar-refractivity contribution in [2.45, 2.75) is 33.6 Å². The highest BCUT2D eigenvalue weighted by molar-refractivity contribution is 5.68. The van der Waals surface area contributed by atoms with Crippen LogP contribution in [0.4, 0.5) is 4.79 Å². The Kier molecular flexibility index (Phi) is 9.15. The number of nitrogens with one attached hydrogen (secondary N) is 1. The number of esters is 1. The predicted octanol–water partition coefficient (Wildman–Crippen LogP) is 1.41. The molecule has 20 heavy (non-hydrogen) atoms. The number of rotatable bonds is 9. The number of amides is 1. The summed E-state index contributed by atoms with van der Waals surface area (Å²) < 4.78 is 9.38. The molecule has 7 heteroatoms. The third-order valence-electron chi connectivity index (χ3n) is 2.42. The molecule has 0 aromatic rings. The molecule has 1 unspecified atom stereocenters. The van der Waals surface area contributed by atoms with Crippen LogP contribution in [-0.4, -0.2) is 42.9 Å². The second kappa shape index (κ2) is 10.1. The van der Waals surface area contributed by atoms with Gasteiger partial charge in [0.2, 0.25) is 0 Å². The van der Waals surface area contributed by atoms with Crippen molar-refractivity contribution in [2.75, 3.05) is 19.8 Å². The fraction of sp³-hybridized carbons (Fsp3) is 0.769. The molecule has 2 N–H and O–H groups in total. The maximum Gasteiger partial charge on any atom is 0.407 e. The molecule has 0 rings (SSSR count). The first kappa shape index (κ1) is 18.2. The number of ether oxygens (including phenoxy) is 2. The van der Waals surface area contributed by atoms with E-state index in [1.165, 1.54) is 6.92 Å². The molecule has 7 nitrogen and oxygen atoms in total. The molecular weight excluding hydrogens is 266 g/mol. The van der Waals surface area contributed by atoms with Crippen molar-refractivity contribution in [3.05, 3.63) is 0 Å². The van der Waals surface area contributed by atoms with Crippen molar-refractivity contribution in [1.82, 2.24) is 5.32 Å². The molecule has 0 bridgehead atoms. The van der Waals surface area contributed by atoms with Crippen molar-refractivity contribution >= 4 is 18.0 Å². The molecule has 1 amide bonds. The molecule has 116 valence electrons. The van der Waals surface area contributed by atoms with Crippen LogP contribution in [-0.2, 0) is 19.1 Å². The van der Waals surface area contributed by atoms with E-state index in [4.69, 9.17) is 9.84 Å². The fourth-order valence-electron chi connectivity index (χ4n) is 1.75. The van der Waals surface area contributed by atoms with E-state index in [2.05, 4.69) is 10.1 Å². The fourth-order valence-corrected chi connectivity index (χ4v) is 1.75. The van der Waals surface area contributed by atoms with Crippen molar-refractivity contribution in [3.8, 4) is 0 Å². The number of carbonyl (C=O) groups excluding carboxylic acids is 2. The van der Waals surface area contributed by atoms with E-state index in [0.29, 0.717) is 12.3 Å². The lowest BCUT2D eigenvalue weighted by atomic mass is 9.94. The van der Waals surface area contributed by atoms with Gasteiger partial charge < -0.3 is 19.9 Å². The number of carboxylic acids is 1. The first-order valence-corrected chi connectivity index (χ1v) is 6.57. The van der Waals surface area contributed by atoms with Crippen LogP contribution >= 0.6 is 0 Å². The molecule has 0 spiro atoms. The van der Waals surface area contributed by atoms with Gasteiger partial charge in [0.15, 0.2) is 0 Å². The molecule has 0 fully saturated rings. The van der Waals surface area contributed by atoms with E-state index in [1.807, 2.05) is 13.8 Å². The van der Waals surface area contributed by atoms with Gasteiger partial charge in [-0.05, 0) is 18.3 Å². The Morgan fingerprint density at radius 3 is 2.25 bits per heavy atom. The topological polar surface area (TPSA) is 102 Å². The highest BCUT2D eigenvalue weighted by Gasteiger charge is 2.16. The zero-order valence-corrected chi connectivity index (χ0v) is 12.2. The molecule has 0 heterocycles. The molecule has 0 aliphatic carbocycles. The van der Waals surface area contributed by atoms with Crippen LogP contribution in [0.5, 0.6) is 0 Å². The minimum absolute atomic E-state index is 0.00586. The molecule has 1 atom stereocenters. The Balaban J connectivity index is 3.91. The highest BCUT2D eigenvalue weighted by Crippen LogP contribution is 2.14. The van der Waals surface area contributed by atoms with Gasteiger partial charge in [0, 0.05) is 19.9 Å². The maximum absolute atomic E-state index is 11.3. The van der Waals surface area contributed by atoms with Crippen LogP contribution in [0.2, 0.25) is 0 Å². The summed E-state index contributed by atoms with van der Waals surface area (Å²) in [5.74, 6) is -1.11. The van der Waals surface area contributed by atoms with Gasteiger partial charge in [-0.1, -0.05) is 13.8 Å². The average molecular weight is 289 g/mol. The summed E-state index contributed by atoms with van der Waals surface area (Å²) in [7, 11) is 0. The average Bonchev–Trinajstić information content (AvgIpc) is 2.30. The van der Waals surface area contributed by atoms with E-state index in [1.54, 1.807) is 0 Å². The number of hydrogen-bond acceptors (Lipinski definition) is 5. The second-order valence-corrected chi connectivity index (χ2v) is 4.95. The van der Waals surface area contributed by atoms with E-state index in [0.717, 1.165) is 0 Å². The molecule has 0 radical (unpaired) electrons. The van der Waals surface area contributed by atoms with Gasteiger partial charge >= 0.3 is 18.0 Å². The maximum atomic E-state index is 11.3. The van der Waals surface area contributed by atoms with Crippen molar-refractivity contribution in [2.24, 2.45) is 11.8 Å². The minimum Gasteiger partial charge on any atom is -0.481 e. The normalized spacial score (nSPS) is 11.8. The zero-order valence-electron chi connectivity index (χ0n) is 12.2. The van der Waals surface area contributed by atoms with Gasteiger partial charge in [0.25, 0.3) is 0 Å². The van der Waals surface area contributed by atoms with Crippen LogP contribution < -0.4 is 5.32 Å². The van der Waals surface area contributed by atoms with Gasteiger partial charge in [-0.3, -0.25) is 9.59 Å². The van der Waals surface area contributed by atoms with Crippen molar-refractivity contribution < 1.29 is 29.0 Å². The minimum atomic E-state index is -0.888. The predicted molar refractivity (Wildman–Crippen MR) is 71.2 cm³/mol. The summed E-state index contributed by atoms with van der Waals surface area (Å²) in [4.78, 5) is 32.5. The monoisotopic (exact) mass is 289 g/mol. The van der Waals surface area contributed by atoms with E-state index >= 15 is 0 Å². The summed E-state index contributed by atoms with van der Waals surface area (Å²) in [5, 5.41) is 11.3. The molecule has 0 aromatic carbocycles. The second-order valence-electron chi connectivity index (χ2n) is 4.95. The molecular formula is C13H23NO6. The molecule has 0 saturated carbocycles. The third kappa shape index (κ3) is 11.3. The van der Waals surface area contributed by atoms with Crippen LogP contribution in [0.1, 0.15) is 33.6 Å². The molecule has 0 aromatic heterocycles. The quantitative estimate of drug-likeness (QED) is 0.491. The van der Waals surface area contributed by atoms with Gasteiger partial charge in [-0.25, -0.2) is 4.79 Å². The number of alkyl carbamates (subject to hydrolysis) is 1. The van der Waals surface area contributed by atoms with Gasteiger partial charge in [0.05, 0.1) is 0 Å². The van der Waals surface area contributed by atoms with E-state index < -0.39 is 18.0 Å². The van der Waals surface area contributed by atoms with Crippen LogP contribution in [0.3, 0.4) is 0 Å². The Morgan fingerprint density at radius 1 is 1.15 bits per heavy atom. The number of carboxylic acid groups (broad SMARTS) is 1. The standard InChI is InChI=1S/C13H23NO6/c1-9(2)6-11(7-12(16)17)8-14-13(18)20-5-4-19-10(3)15/h9,11H,4-8H2,1-3H3,(H,14,18)(H,16,17). The van der Waals surface area contributed by atoms with Gasteiger partial charge in [-0.2, -0.15) is 0 Å². The summed E-state index contributed by atoms with van der Waals surface area (Å²) >= 11 is 0. The molecule has 0 aliphatic rings. The Bertz CT molecular complexity index is 329. The number of hydrogen-bond donors (Lipinski definition) is 2. The van der Waals surface area contributed by atoms with Crippen LogP contribution in [0, 0.1) is 11.8 Å². The van der Waals surface area contributed by atoms with Crippen LogP contribution in [0.15, 0.2) is 0 Å². The highest BCUT2D eigenvalue weighted by atomic mass is 16.6. The van der Waals surface area contributed by atoms with E-state index in [9.17, 15) is 14.4 Å². The summed E-state index contributed by atoms with van der Waals surface area (Å²) in [6, 6.07) is 0. The Labute approximate surface area is 118 Å². The molecule has 0 aliphatic heterocycles. The Hall–Kier alpha value is -1.79. The molecule has 0 saturated heterocycles. The Morgan fingerprint density at radius 2 is 1.75 bits per heavy atom. The number of aliphatic carboxylic acids is 1. The summed E-state index contributed by atoms with van der Waals surface area (Å²) in [5.41, 5.74) is 0. The summed E-state index contributed by atoms with van der Waals surface area (Å²) in [6.45, 7) is 5.48. The third-order valence-corrected chi connectivity index (χ3v) is 2.42. The van der Waals surface area contributed by atoms with E-state index in [-0.39, 0.29) is 32.1 Å². The number of carbonyl (C=O) groups is 3. The van der Waals surface area contributed by atoms with Crippen molar-refractivity contribution in [1.29, 1.82) is 0 Å². The lowest BCUT2D eigenvalue weighted by molar-refractivity contribution is -0.142. The SMILES string of the molecule is CC(=O)OCCOC(=O)NCC(CC(=O)O)CC(C)C. The lowest BCUT2D eigenvalue weighted by Gasteiger charge is -2.17. The largest absolute Gasteiger partial charge is 0.481 e. The summed E-state index contributed by atoms with van der Waals surface area (Å²) in [6.07, 6.45) is 0.0719.